The Morgan fingerprint density at radius 1 is 1.17 bits per heavy atom. The van der Waals surface area contributed by atoms with Gasteiger partial charge in [-0.3, -0.25) is 15.0 Å². The van der Waals surface area contributed by atoms with Crippen molar-refractivity contribution in [3.05, 3.63) is 35.1 Å². The SMILES string of the molecule is CCN1CCN(C(=O)c2cc(CC3NNC(=O)C4CCCCC34)ccc2F)CC1. The number of likely N-dealkylation sites (N-methyl/N-ethyl adjacent to an activating group) is 1. The molecular weight excluding hydrogens is 371 g/mol. The molecule has 2 N–H and O–H groups in total. The molecule has 2 heterocycles. The number of nitrogens with one attached hydrogen (secondary N) is 2. The average Bonchev–Trinajstić information content (AvgIpc) is 2.77. The largest absolute Gasteiger partial charge is 0.336 e. The quantitative estimate of drug-likeness (QED) is 0.808. The van der Waals surface area contributed by atoms with Gasteiger partial charge in [0.15, 0.2) is 0 Å². The second-order valence-corrected chi connectivity index (χ2v) is 8.54. The van der Waals surface area contributed by atoms with Crippen LogP contribution in [0.5, 0.6) is 0 Å². The van der Waals surface area contributed by atoms with Gasteiger partial charge in [-0.2, -0.15) is 0 Å². The van der Waals surface area contributed by atoms with Crippen molar-refractivity contribution in [1.82, 2.24) is 20.7 Å². The monoisotopic (exact) mass is 402 g/mol. The topological polar surface area (TPSA) is 64.7 Å². The van der Waals surface area contributed by atoms with Gasteiger partial charge in [0.25, 0.3) is 5.91 Å². The van der Waals surface area contributed by atoms with Crippen LogP contribution in [0.3, 0.4) is 0 Å². The molecule has 0 bridgehead atoms. The minimum Gasteiger partial charge on any atom is -0.336 e. The summed E-state index contributed by atoms with van der Waals surface area (Å²) in [7, 11) is 0. The molecule has 3 atom stereocenters. The number of carbonyl (C=O) groups is 2. The molecule has 1 saturated carbocycles. The fraction of sp³-hybridized carbons (Fsp3) is 0.636. The highest BCUT2D eigenvalue weighted by Gasteiger charge is 2.39. The van der Waals surface area contributed by atoms with Gasteiger partial charge in [-0.1, -0.05) is 25.8 Å². The van der Waals surface area contributed by atoms with Gasteiger partial charge in [-0.25, -0.2) is 9.82 Å². The second kappa shape index (κ2) is 8.79. The lowest BCUT2D eigenvalue weighted by Gasteiger charge is -2.41. The van der Waals surface area contributed by atoms with Crippen molar-refractivity contribution in [3.63, 3.8) is 0 Å². The van der Waals surface area contributed by atoms with Gasteiger partial charge in [0, 0.05) is 38.1 Å². The predicted molar refractivity (Wildman–Crippen MR) is 109 cm³/mol. The summed E-state index contributed by atoms with van der Waals surface area (Å²) in [6.07, 6.45) is 4.88. The third-order valence-electron chi connectivity index (χ3n) is 6.88. The van der Waals surface area contributed by atoms with E-state index in [4.69, 9.17) is 0 Å². The standard InChI is InChI=1S/C22H31FN4O2/c1-2-26-9-11-27(12-10-26)22(29)18-13-15(7-8-19(18)23)14-20-16-5-3-4-6-17(16)21(28)25-24-20/h7-8,13,16-17,20,24H,2-6,9-12,14H2,1H3,(H,25,28). The fourth-order valence-electron chi connectivity index (χ4n) is 5.09. The molecule has 3 unspecified atom stereocenters. The first-order chi connectivity index (χ1) is 14.1. The Kier molecular flexibility index (Phi) is 6.15. The highest BCUT2D eigenvalue weighted by atomic mass is 19.1. The molecule has 2 saturated heterocycles. The fourth-order valence-corrected chi connectivity index (χ4v) is 5.09. The predicted octanol–water partition coefficient (Wildman–Crippen LogP) is 1.96. The number of hydrazine groups is 1. The zero-order valence-electron chi connectivity index (χ0n) is 17.1. The highest BCUT2D eigenvalue weighted by Crippen LogP contribution is 2.35. The Hall–Kier alpha value is -1.99. The van der Waals surface area contributed by atoms with Crippen LogP contribution in [-0.2, 0) is 11.2 Å². The summed E-state index contributed by atoms with van der Waals surface area (Å²) in [6, 6.07) is 4.99. The molecule has 6 nitrogen and oxygen atoms in total. The summed E-state index contributed by atoms with van der Waals surface area (Å²) >= 11 is 0. The van der Waals surface area contributed by atoms with Crippen LogP contribution < -0.4 is 10.9 Å². The van der Waals surface area contributed by atoms with Crippen molar-refractivity contribution in [2.45, 2.75) is 45.1 Å². The number of rotatable bonds is 4. The molecule has 29 heavy (non-hydrogen) atoms. The first-order valence-corrected chi connectivity index (χ1v) is 10.9. The van der Waals surface area contributed by atoms with Gasteiger partial charge >= 0.3 is 0 Å². The summed E-state index contributed by atoms with van der Waals surface area (Å²) in [5.74, 6) is -0.236. The van der Waals surface area contributed by atoms with Crippen molar-refractivity contribution in [2.75, 3.05) is 32.7 Å². The van der Waals surface area contributed by atoms with Crippen LogP contribution in [-0.4, -0.2) is 60.4 Å². The number of hydrogen-bond donors (Lipinski definition) is 2. The minimum absolute atomic E-state index is 0.0615. The second-order valence-electron chi connectivity index (χ2n) is 8.54. The van der Waals surface area contributed by atoms with Gasteiger partial charge < -0.3 is 9.80 Å². The average molecular weight is 403 g/mol. The summed E-state index contributed by atoms with van der Waals surface area (Å²) in [4.78, 5) is 29.1. The third-order valence-corrected chi connectivity index (χ3v) is 6.88. The van der Waals surface area contributed by atoms with Gasteiger partial charge in [0.2, 0.25) is 5.91 Å². The minimum atomic E-state index is -0.461. The zero-order valence-corrected chi connectivity index (χ0v) is 17.1. The maximum atomic E-state index is 14.5. The molecule has 3 fully saturated rings. The molecule has 0 aromatic heterocycles. The van der Waals surface area contributed by atoms with Crippen molar-refractivity contribution in [3.8, 4) is 0 Å². The summed E-state index contributed by atoms with van der Waals surface area (Å²) in [5.41, 5.74) is 7.07. The molecule has 3 aliphatic rings. The highest BCUT2D eigenvalue weighted by molar-refractivity contribution is 5.94. The summed E-state index contributed by atoms with van der Waals surface area (Å²) < 4.78 is 14.5. The van der Waals surface area contributed by atoms with E-state index in [1.165, 1.54) is 6.07 Å². The number of piperazine rings is 1. The Morgan fingerprint density at radius 3 is 2.69 bits per heavy atom. The number of carbonyl (C=O) groups excluding carboxylic acids is 2. The Labute approximate surface area is 171 Å². The molecule has 2 amide bonds. The molecule has 4 rings (SSSR count). The van der Waals surface area contributed by atoms with Crippen LogP contribution in [0.15, 0.2) is 18.2 Å². The van der Waals surface area contributed by atoms with Gasteiger partial charge in [0.05, 0.1) is 5.56 Å². The van der Waals surface area contributed by atoms with Crippen LogP contribution in [0, 0.1) is 17.7 Å². The van der Waals surface area contributed by atoms with Crippen LogP contribution in [0.25, 0.3) is 0 Å². The normalized spacial score (nSPS) is 28.0. The van der Waals surface area contributed by atoms with E-state index >= 15 is 0 Å². The molecular formula is C22H31FN4O2. The molecule has 1 aromatic rings. The Bertz CT molecular complexity index is 763. The molecule has 1 aromatic carbocycles. The van der Waals surface area contributed by atoms with E-state index in [1.54, 1.807) is 17.0 Å². The summed E-state index contributed by atoms with van der Waals surface area (Å²) in [5, 5.41) is 0. The van der Waals surface area contributed by atoms with E-state index < -0.39 is 5.82 Å². The number of hydrogen-bond acceptors (Lipinski definition) is 4. The lowest BCUT2D eigenvalue weighted by Crippen LogP contribution is -2.60. The lowest BCUT2D eigenvalue weighted by molar-refractivity contribution is -0.133. The van der Waals surface area contributed by atoms with E-state index in [1.807, 2.05) is 0 Å². The maximum Gasteiger partial charge on any atom is 0.256 e. The van der Waals surface area contributed by atoms with Gasteiger partial charge in [-0.05, 0) is 49.4 Å². The van der Waals surface area contributed by atoms with Crippen LogP contribution in [0.2, 0.25) is 0 Å². The molecule has 7 heteroatoms. The molecule has 158 valence electrons. The van der Waals surface area contributed by atoms with E-state index in [0.717, 1.165) is 50.9 Å². The van der Waals surface area contributed by atoms with Gasteiger partial charge in [-0.15, -0.1) is 0 Å². The Morgan fingerprint density at radius 2 is 1.93 bits per heavy atom. The number of nitrogens with zero attached hydrogens (tertiary/aromatic N) is 2. The van der Waals surface area contributed by atoms with Crippen molar-refractivity contribution in [2.24, 2.45) is 11.8 Å². The molecule has 0 radical (unpaired) electrons. The van der Waals surface area contributed by atoms with E-state index in [2.05, 4.69) is 22.7 Å². The van der Waals surface area contributed by atoms with Crippen LogP contribution in [0.1, 0.15) is 48.5 Å². The first-order valence-electron chi connectivity index (χ1n) is 10.9. The third kappa shape index (κ3) is 4.31. The van der Waals surface area contributed by atoms with Crippen molar-refractivity contribution < 1.29 is 14.0 Å². The molecule has 2 aliphatic heterocycles. The van der Waals surface area contributed by atoms with Gasteiger partial charge in [0.1, 0.15) is 5.82 Å². The van der Waals surface area contributed by atoms with Crippen molar-refractivity contribution >= 4 is 11.8 Å². The molecule has 0 spiro atoms. The van der Waals surface area contributed by atoms with Crippen molar-refractivity contribution in [1.29, 1.82) is 0 Å². The zero-order chi connectivity index (χ0) is 20.4. The lowest BCUT2D eigenvalue weighted by atomic mass is 9.72. The van der Waals surface area contributed by atoms with E-state index in [-0.39, 0.29) is 29.3 Å². The first kappa shape index (κ1) is 20.3. The van der Waals surface area contributed by atoms with E-state index in [9.17, 15) is 14.0 Å². The van der Waals surface area contributed by atoms with Crippen LogP contribution >= 0.6 is 0 Å². The number of amides is 2. The summed E-state index contributed by atoms with van der Waals surface area (Å²) in [6.45, 7) is 6.02. The maximum absolute atomic E-state index is 14.5. The number of fused-ring (bicyclic) bond motifs is 1. The molecule has 1 aliphatic carbocycles. The number of halogens is 1. The smallest absolute Gasteiger partial charge is 0.256 e. The van der Waals surface area contributed by atoms with E-state index in [0.29, 0.717) is 25.4 Å². The Balaban J connectivity index is 1.47. The van der Waals surface area contributed by atoms with Crippen LogP contribution in [0.4, 0.5) is 4.39 Å². The number of benzene rings is 1.